The van der Waals surface area contributed by atoms with E-state index in [1.807, 2.05) is 50.2 Å². The van der Waals surface area contributed by atoms with Gasteiger partial charge in [0.1, 0.15) is 6.04 Å². The zero-order valence-electron chi connectivity index (χ0n) is 16.7. The second-order valence-electron chi connectivity index (χ2n) is 6.50. The number of carbonyl (C=O) groups excluding carboxylic acids is 2. The number of nitrogens with one attached hydrogen (secondary N) is 1. The van der Waals surface area contributed by atoms with E-state index in [-0.39, 0.29) is 11.8 Å². The minimum atomic E-state index is -0.529. The summed E-state index contributed by atoms with van der Waals surface area (Å²) in [6.07, 6.45) is 0.876. The van der Waals surface area contributed by atoms with E-state index >= 15 is 0 Å². The van der Waals surface area contributed by atoms with Crippen LogP contribution in [0.3, 0.4) is 0 Å². The second kappa shape index (κ2) is 12.1. The number of hydrogen-bond acceptors (Lipinski definition) is 3. The van der Waals surface area contributed by atoms with Gasteiger partial charge in [-0.05, 0) is 43.2 Å². The van der Waals surface area contributed by atoms with Gasteiger partial charge in [0.15, 0.2) is 0 Å². The molecular formula is C22H26Cl2N2O2S. The van der Waals surface area contributed by atoms with Gasteiger partial charge in [0.2, 0.25) is 11.8 Å². The third-order valence-corrected chi connectivity index (χ3v) is 6.15. The number of hydrogen-bond donors (Lipinski definition) is 1. The Hall–Kier alpha value is -1.69. The first kappa shape index (κ1) is 23.6. The van der Waals surface area contributed by atoms with Crippen LogP contribution in [-0.2, 0) is 16.1 Å². The van der Waals surface area contributed by atoms with Crippen LogP contribution in [0.4, 0.5) is 0 Å². The maximum absolute atomic E-state index is 13.1. The summed E-state index contributed by atoms with van der Waals surface area (Å²) in [5.74, 6) is 0.448. The number of halogens is 2. The number of nitrogens with zero attached hydrogens (tertiary/aromatic N) is 1. The number of rotatable bonds is 10. The van der Waals surface area contributed by atoms with Crippen LogP contribution < -0.4 is 5.32 Å². The van der Waals surface area contributed by atoms with Crippen molar-refractivity contribution in [1.82, 2.24) is 10.2 Å². The lowest BCUT2D eigenvalue weighted by molar-refractivity contribution is -0.141. The molecule has 0 heterocycles. The standard InChI is InChI=1S/C22H26Cl2N2O2S/c1-3-20(22(28)25-4-2)26(15-16-10-11-18(23)19(24)14-16)21(27)12-13-29-17-8-6-5-7-9-17/h5-11,14,20H,3-4,12-13,15H2,1-2H3,(H,25,28). The molecule has 0 saturated heterocycles. The number of benzene rings is 2. The van der Waals surface area contributed by atoms with Gasteiger partial charge in [-0.25, -0.2) is 0 Å². The SMILES string of the molecule is CCNC(=O)C(CC)N(Cc1ccc(Cl)c(Cl)c1)C(=O)CCSc1ccccc1. The van der Waals surface area contributed by atoms with Crippen molar-refractivity contribution in [3.05, 3.63) is 64.1 Å². The number of amides is 2. The van der Waals surface area contributed by atoms with E-state index in [1.54, 1.807) is 28.8 Å². The van der Waals surface area contributed by atoms with Crippen LogP contribution in [0.5, 0.6) is 0 Å². The molecule has 1 N–H and O–H groups in total. The first-order valence-corrected chi connectivity index (χ1v) is 11.4. The van der Waals surface area contributed by atoms with Crippen LogP contribution in [0.1, 0.15) is 32.3 Å². The molecule has 0 aliphatic heterocycles. The second-order valence-corrected chi connectivity index (χ2v) is 8.48. The highest BCUT2D eigenvalue weighted by Crippen LogP contribution is 2.25. The van der Waals surface area contributed by atoms with Crippen LogP contribution in [0.2, 0.25) is 10.0 Å². The third-order valence-electron chi connectivity index (χ3n) is 4.40. The Balaban J connectivity index is 2.14. The summed E-state index contributed by atoms with van der Waals surface area (Å²) < 4.78 is 0. The van der Waals surface area contributed by atoms with Gasteiger partial charge in [-0.2, -0.15) is 0 Å². The summed E-state index contributed by atoms with van der Waals surface area (Å²) in [7, 11) is 0. The molecule has 0 fully saturated rings. The lowest BCUT2D eigenvalue weighted by atomic mass is 10.1. The van der Waals surface area contributed by atoms with Gasteiger partial charge in [0.25, 0.3) is 0 Å². The van der Waals surface area contributed by atoms with Crippen LogP contribution >= 0.6 is 35.0 Å². The van der Waals surface area contributed by atoms with Crippen LogP contribution in [0.25, 0.3) is 0 Å². The molecule has 2 rings (SSSR count). The van der Waals surface area contributed by atoms with Crippen LogP contribution in [0, 0.1) is 0 Å². The smallest absolute Gasteiger partial charge is 0.242 e. The monoisotopic (exact) mass is 452 g/mol. The first-order valence-electron chi connectivity index (χ1n) is 9.65. The molecule has 2 amide bonds. The molecular weight excluding hydrogens is 427 g/mol. The number of thioether (sulfide) groups is 1. The zero-order valence-corrected chi connectivity index (χ0v) is 19.0. The van der Waals surface area contributed by atoms with Crippen molar-refractivity contribution in [2.75, 3.05) is 12.3 Å². The molecule has 0 spiro atoms. The molecule has 156 valence electrons. The van der Waals surface area contributed by atoms with Crippen molar-refractivity contribution < 1.29 is 9.59 Å². The summed E-state index contributed by atoms with van der Waals surface area (Å²) in [5, 5.41) is 3.73. The van der Waals surface area contributed by atoms with Crippen LogP contribution in [0.15, 0.2) is 53.4 Å². The van der Waals surface area contributed by atoms with Crippen LogP contribution in [-0.4, -0.2) is 35.1 Å². The maximum atomic E-state index is 13.1. The van der Waals surface area contributed by atoms with Gasteiger partial charge in [-0.15, -0.1) is 11.8 Å². The Labute approximate surface area is 187 Å². The summed E-state index contributed by atoms with van der Waals surface area (Å²) in [5.41, 5.74) is 0.839. The predicted octanol–water partition coefficient (Wildman–Crippen LogP) is 5.42. The zero-order chi connectivity index (χ0) is 21.2. The van der Waals surface area contributed by atoms with E-state index in [0.29, 0.717) is 41.7 Å². The summed E-state index contributed by atoms with van der Waals surface area (Å²) >= 11 is 13.8. The normalized spacial score (nSPS) is 11.7. The van der Waals surface area contributed by atoms with E-state index in [0.717, 1.165) is 10.5 Å². The van der Waals surface area contributed by atoms with Gasteiger partial charge >= 0.3 is 0 Å². The van der Waals surface area contributed by atoms with E-state index in [1.165, 1.54) is 0 Å². The van der Waals surface area contributed by atoms with Gasteiger partial charge in [0.05, 0.1) is 10.0 Å². The predicted molar refractivity (Wildman–Crippen MR) is 122 cm³/mol. The van der Waals surface area contributed by atoms with Crippen molar-refractivity contribution >= 4 is 46.8 Å². The molecule has 1 atom stereocenters. The molecule has 0 saturated carbocycles. The Morgan fingerprint density at radius 2 is 1.79 bits per heavy atom. The fraction of sp³-hybridized carbons (Fsp3) is 0.364. The molecule has 2 aromatic carbocycles. The van der Waals surface area contributed by atoms with E-state index < -0.39 is 6.04 Å². The Bertz CT molecular complexity index is 818. The topological polar surface area (TPSA) is 49.4 Å². The van der Waals surface area contributed by atoms with Crippen molar-refractivity contribution in [3.63, 3.8) is 0 Å². The average Bonchev–Trinajstić information content (AvgIpc) is 2.71. The molecule has 0 aliphatic rings. The maximum Gasteiger partial charge on any atom is 0.242 e. The molecule has 4 nitrogen and oxygen atoms in total. The Morgan fingerprint density at radius 1 is 1.07 bits per heavy atom. The fourth-order valence-corrected chi connectivity index (χ4v) is 4.15. The van der Waals surface area contributed by atoms with Crippen molar-refractivity contribution in [1.29, 1.82) is 0 Å². The quantitative estimate of drug-likeness (QED) is 0.489. The van der Waals surface area contributed by atoms with Gasteiger partial charge in [0, 0.05) is 30.2 Å². The Kier molecular flexibility index (Phi) is 9.85. The fourth-order valence-electron chi connectivity index (χ4n) is 2.96. The van der Waals surface area contributed by atoms with Crippen molar-refractivity contribution in [2.45, 2.75) is 44.2 Å². The van der Waals surface area contributed by atoms with E-state index in [2.05, 4.69) is 5.32 Å². The van der Waals surface area contributed by atoms with Crippen molar-refractivity contribution in [2.24, 2.45) is 0 Å². The molecule has 0 aliphatic carbocycles. The van der Waals surface area contributed by atoms with E-state index in [4.69, 9.17) is 23.2 Å². The molecule has 0 radical (unpaired) electrons. The van der Waals surface area contributed by atoms with Gasteiger partial charge < -0.3 is 10.2 Å². The largest absolute Gasteiger partial charge is 0.355 e. The highest BCUT2D eigenvalue weighted by molar-refractivity contribution is 7.99. The minimum absolute atomic E-state index is 0.0578. The van der Waals surface area contributed by atoms with E-state index in [9.17, 15) is 9.59 Å². The lowest BCUT2D eigenvalue weighted by Gasteiger charge is -2.30. The summed E-state index contributed by atoms with van der Waals surface area (Å²) in [4.78, 5) is 28.4. The highest BCUT2D eigenvalue weighted by Gasteiger charge is 2.28. The molecule has 1 unspecified atom stereocenters. The lowest BCUT2D eigenvalue weighted by Crippen LogP contribution is -2.49. The summed E-state index contributed by atoms with van der Waals surface area (Å²) in [6.45, 7) is 4.61. The first-order chi connectivity index (χ1) is 14.0. The third kappa shape index (κ3) is 7.25. The Morgan fingerprint density at radius 3 is 2.41 bits per heavy atom. The number of likely N-dealkylation sites (N-methyl/N-ethyl adjacent to an activating group) is 1. The molecule has 0 aromatic heterocycles. The summed E-state index contributed by atoms with van der Waals surface area (Å²) in [6, 6.07) is 14.7. The highest BCUT2D eigenvalue weighted by atomic mass is 35.5. The molecule has 7 heteroatoms. The average molecular weight is 453 g/mol. The molecule has 29 heavy (non-hydrogen) atoms. The number of carbonyl (C=O) groups is 2. The van der Waals surface area contributed by atoms with Gasteiger partial charge in [-0.3, -0.25) is 9.59 Å². The van der Waals surface area contributed by atoms with Crippen molar-refractivity contribution in [3.8, 4) is 0 Å². The van der Waals surface area contributed by atoms with Gasteiger partial charge in [-0.1, -0.05) is 54.4 Å². The molecule has 0 bridgehead atoms. The minimum Gasteiger partial charge on any atom is -0.355 e. The molecule has 2 aromatic rings.